The highest BCUT2D eigenvalue weighted by Gasteiger charge is 2.30. The monoisotopic (exact) mass is 220 g/mol. The van der Waals surface area contributed by atoms with Gasteiger partial charge in [0.05, 0.1) is 5.56 Å². The molecule has 0 spiro atoms. The molecule has 1 aliphatic heterocycles. The summed E-state index contributed by atoms with van der Waals surface area (Å²) in [7, 11) is 0. The van der Waals surface area contributed by atoms with Crippen molar-refractivity contribution < 1.29 is 14.6 Å². The summed E-state index contributed by atoms with van der Waals surface area (Å²) >= 11 is 0. The highest BCUT2D eigenvalue weighted by Crippen LogP contribution is 2.36. The Labute approximate surface area is 95.0 Å². The Morgan fingerprint density at radius 3 is 2.94 bits per heavy atom. The molecule has 1 N–H and O–H groups in total. The largest absolute Gasteiger partial charge is 0.508 e. The topological polar surface area (TPSA) is 46.5 Å². The molecule has 3 heteroatoms. The molecule has 1 unspecified atom stereocenters. The minimum atomic E-state index is -0.267. The number of cyclic esters (lactones) is 1. The SMILES string of the molecule is CCCCCC1OC(=O)c2ccc(O)cc21. The summed E-state index contributed by atoms with van der Waals surface area (Å²) in [4.78, 5) is 11.5. The third-order valence-electron chi connectivity index (χ3n) is 2.92. The van der Waals surface area contributed by atoms with E-state index in [-0.39, 0.29) is 17.8 Å². The van der Waals surface area contributed by atoms with E-state index in [0.29, 0.717) is 5.56 Å². The molecule has 0 amide bonds. The van der Waals surface area contributed by atoms with Crippen LogP contribution in [0.5, 0.6) is 5.75 Å². The molecular formula is C13H16O3. The van der Waals surface area contributed by atoms with E-state index < -0.39 is 0 Å². The standard InChI is InChI=1S/C13H16O3/c1-2-3-4-5-12-11-8-9(14)6-7-10(11)13(15)16-12/h6-8,12,14H,2-5H2,1H3. The van der Waals surface area contributed by atoms with Crippen LogP contribution in [0.25, 0.3) is 0 Å². The molecule has 1 atom stereocenters. The number of carbonyl (C=O) groups excluding carboxylic acids is 1. The van der Waals surface area contributed by atoms with Gasteiger partial charge >= 0.3 is 5.97 Å². The molecule has 1 aromatic carbocycles. The van der Waals surface area contributed by atoms with Crippen molar-refractivity contribution in [3.8, 4) is 5.75 Å². The summed E-state index contributed by atoms with van der Waals surface area (Å²) in [5.74, 6) is -0.0750. The van der Waals surface area contributed by atoms with E-state index in [1.165, 1.54) is 6.07 Å². The average molecular weight is 220 g/mol. The van der Waals surface area contributed by atoms with Gasteiger partial charge in [0.2, 0.25) is 0 Å². The maximum atomic E-state index is 11.5. The Kier molecular flexibility index (Phi) is 3.13. The van der Waals surface area contributed by atoms with Gasteiger partial charge < -0.3 is 9.84 Å². The van der Waals surface area contributed by atoms with Crippen LogP contribution in [0.4, 0.5) is 0 Å². The van der Waals surface area contributed by atoms with Gasteiger partial charge in [0.1, 0.15) is 11.9 Å². The van der Waals surface area contributed by atoms with Crippen molar-refractivity contribution in [2.75, 3.05) is 0 Å². The lowest BCUT2D eigenvalue weighted by atomic mass is 10.0. The number of benzene rings is 1. The predicted molar refractivity (Wildman–Crippen MR) is 60.4 cm³/mol. The number of phenols is 1. The third-order valence-corrected chi connectivity index (χ3v) is 2.92. The maximum Gasteiger partial charge on any atom is 0.339 e. The molecule has 0 saturated heterocycles. The summed E-state index contributed by atoms with van der Waals surface area (Å²) < 4.78 is 5.28. The number of esters is 1. The second-order valence-corrected chi connectivity index (χ2v) is 4.16. The molecule has 1 aliphatic rings. The van der Waals surface area contributed by atoms with Crippen LogP contribution in [0.2, 0.25) is 0 Å². The fourth-order valence-electron chi connectivity index (χ4n) is 2.05. The number of ether oxygens (including phenoxy) is 1. The van der Waals surface area contributed by atoms with Crippen molar-refractivity contribution in [3.63, 3.8) is 0 Å². The Hall–Kier alpha value is -1.51. The highest BCUT2D eigenvalue weighted by atomic mass is 16.5. The number of hydrogen-bond acceptors (Lipinski definition) is 3. The van der Waals surface area contributed by atoms with Crippen LogP contribution in [-0.2, 0) is 4.74 Å². The van der Waals surface area contributed by atoms with Gasteiger partial charge in [-0.05, 0) is 31.0 Å². The van der Waals surface area contributed by atoms with Crippen LogP contribution in [0.15, 0.2) is 18.2 Å². The van der Waals surface area contributed by atoms with Gasteiger partial charge in [-0.3, -0.25) is 0 Å². The van der Waals surface area contributed by atoms with E-state index in [4.69, 9.17) is 4.74 Å². The Morgan fingerprint density at radius 2 is 2.19 bits per heavy atom. The van der Waals surface area contributed by atoms with Crippen molar-refractivity contribution in [1.82, 2.24) is 0 Å². The molecule has 0 fully saturated rings. The molecule has 0 aromatic heterocycles. The maximum absolute atomic E-state index is 11.5. The molecule has 1 heterocycles. The van der Waals surface area contributed by atoms with Crippen molar-refractivity contribution in [3.05, 3.63) is 29.3 Å². The van der Waals surface area contributed by atoms with Gasteiger partial charge in [-0.25, -0.2) is 4.79 Å². The van der Waals surface area contributed by atoms with Gasteiger partial charge in [0.15, 0.2) is 0 Å². The summed E-state index contributed by atoms with van der Waals surface area (Å²) in [5.41, 5.74) is 1.43. The zero-order valence-corrected chi connectivity index (χ0v) is 9.40. The molecular weight excluding hydrogens is 204 g/mol. The quantitative estimate of drug-likeness (QED) is 0.626. The first-order valence-corrected chi connectivity index (χ1v) is 5.76. The summed E-state index contributed by atoms with van der Waals surface area (Å²) in [6.07, 6.45) is 4.01. The van der Waals surface area contributed by atoms with Crippen LogP contribution < -0.4 is 0 Å². The molecule has 0 radical (unpaired) electrons. The molecule has 3 nitrogen and oxygen atoms in total. The Bertz CT molecular complexity index is 398. The zero-order valence-electron chi connectivity index (χ0n) is 9.40. The first-order valence-electron chi connectivity index (χ1n) is 5.76. The van der Waals surface area contributed by atoms with Crippen LogP contribution in [-0.4, -0.2) is 11.1 Å². The molecule has 0 bridgehead atoms. The second kappa shape index (κ2) is 4.56. The van der Waals surface area contributed by atoms with Gasteiger partial charge in [-0.1, -0.05) is 19.8 Å². The first kappa shape index (κ1) is 11.0. The van der Waals surface area contributed by atoms with Crippen LogP contribution in [0, 0.1) is 0 Å². The van der Waals surface area contributed by atoms with Crippen LogP contribution >= 0.6 is 0 Å². The van der Waals surface area contributed by atoms with Crippen molar-refractivity contribution in [1.29, 1.82) is 0 Å². The van der Waals surface area contributed by atoms with E-state index in [1.807, 2.05) is 0 Å². The molecule has 16 heavy (non-hydrogen) atoms. The third kappa shape index (κ3) is 2.03. The lowest BCUT2D eigenvalue weighted by Gasteiger charge is -2.09. The number of phenolic OH excluding ortho intramolecular Hbond substituents is 1. The normalized spacial score (nSPS) is 18.3. The van der Waals surface area contributed by atoms with Crippen LogP contribution in [0.3, 0.4) is 0 Å². The highest BCUT2D eigenvalue weighted by molar-refractivity contribution is 5.94. The summed E-state index contributed by atoms with van der Waals surface area (Å²) in [5, 5.41) is 9.41. The van der Waals surface area contributed by atoms with E-state index in [9.17, 15) is 9.90 Å². The lowest BCUT2D eigenvalue weighted by molar-refractivity contribution is 0.0363. The molecule has 86 valence electrons. The molecule has 1 aromatic rings. The summed E-state index contributed by atoms with van der Waals surface area (Å²) in [6.45, 7) is 2.14. The second-order valence-electron chi connectivity index (χ2n) is 4.16. The van der Waals surface area contributed by atoms with Crippen LogP contribution in [0.1, 0.15) is 54.6 Å². The van der Waals surface area contributed by atoms with Gasteiger partial charge in [0, 0.05) is 5.56 Å². The van der Waals surface area contributed by atoms with Crippen molar-refractivity contribution >= 4 is 5.97 Å². The number of rotatable bonds is 4. The minimum Gasteiger partial charge on any atom is -0.508 e. The smallest absolute Gasteiger partial charge is 0.339 e. The molecule has 2 rings (SSSR count). The number of aromatic hydroxyl groups is 1. The van der Waals surface area contributed by atoms with E-state index in [1.54, 1.807) is 12.1 Å². The average Bonchev–Trinajstić information content (AvgIpc) is 2.56. The fraction of sp³-hybridized carbons (Fsp3) is 0.462. The number of unbranched alkanes of at least 4 members (excludes halogenated alkanes) is 2. The minimum absolute atomic E-state index is 0.166. The fourth-order valence-corrected chi connectivity index (χ4v) is 2.05. The lowest BCUT2D eigenvalue weighted by Crippen LogP contribution is -1.98. The van der Waals surface area contributed by atoms with E-state index >= 15 is 0 Å². The van der Waals surface area contributed by atoms with Gasteiger partial charge in [-0.2, -0.15) is 0 Å². The Morgan fingerprint density at radius 1 is 1.38 bits per heavy atom. The molecule has 0 saturated carbocycles. The first-order chi connectivity index (χ1) is 7.72. The van der Waals surface area contributed by atoms with E-state index in [2.05, 4.69) is 6.92 Å². The zero-order chi connectivity index (χ0) is 11.5. The number of hydrogen-bond donors (Lipinski definition) is 1. The summed E-state index contributed by atoms with van der Waals surface area (Å²) in [6, 6.07) is 4.79. The van der Waals surface area contributed by atoms with Crippen molar-refractivity contribution in [2.24, 2.45) is 0 Å². The van der Waals surface area contributed by atoms with Gasteiger partial charge in [-0.15, -0.1) is 0 Å². The van der Waals surface area contributed by atoms with Gasteiger partial charge in [0.25, 0.3) is 0 Å². The predicted octanol–water partition coefficient (Wildman–Crippen LogP) is 3.18. The Balaban J connectivity index is 2.14. The number of carbonyl (C=O) groups is 1. The van der Waals surface area contributed by atoms with Crippen molar-refractivity contribution in [2.45, 2.75) is 38.7 Å². The van der Waals surface area contributed by atoms with E-state index in [0.717, 1.165) is 31.2 Å². The molecule has 0 aliphatic carbocycles. The number of fused-ring (bicyclic) bond motifs is 1.